The molecular formula is C28H33F5N2O2. The highest BCUT2D eigenvalue weighted by atomic mass is 19.4. The number of aliphatic hydroxyl groups is 1. The monoisotopic (exact) mass is 524 g/mol. The van der Waals surface area contributed by atoms with Crippen LogP contribution in [0.5, 0.6) is 0 Å². The van der Waals surface area contributed by atoms with E-state index in [4.69, 9.17) is 9.72 Å². The number of fused-ring (bicyclic) bond motifs is 4. The fourth-order valence-electron chi connectivity index (χ4n) is 6.63. The molecule has 1 spiro atoms. The van der Waals surface area contributed by atoms with E-state index in [0.29, 0.717) is 35.2 Å². The van der Waals surface area contributed by atoms with Crippen LogP contribution in [-0.2, 0) is 22.9 Å². The second-order valence-electron chi connectivity index (χ2n) is 12.2. The molecular weight excluding hydrogens is 491 g/mol. The summed E-state index contributed by atoms with van der Waals surface area (Å²) >= 11 is 0. The molecule has 3 heterocycles. The maximum atomic E-state index is 14.5. The van der Waals surface area contributed by atoms with Crippen molar-refractivity contribution in [1.29, 1.82) is 0 Å². The maximum Gasteiger partial charge on any atom is 0.417 e. The standard InChI is InChI=1S/C28H33F5N2O2/c1-14(2)23-21-22(20-18(35-23)11-25(4,5)12-19(20)36)27(9-8-26(29,30)10-15(27)3)37-24(21)17-7-6-16(13-34-17)28(31,32)33/h6-7,13-15,19,24,36H,8-12H2,1-5H3. The lowest BCUT2D eigenvalue weighted by Crippen LogP contribution is -2.44. The highest BCUT2D eigenvalue weighted by Crippen LogP contribution is 2.61. The van der Waals surface area contributed by atoms with Crippen LogP contribution < -0.4 is 0 Å². The van der Waals surface area contributed by atoms with Gasteiger partial charge in [-0.2, -0.15) is 13.2 Å². The Hall–Kier alpha value is -2.13. The van der Waals surface area contributed by atoms with Crippen LogP contribution in [0.1, 0.15) is 118 Å². The van der Waals surface area contributed by atoms with Gasteiger partial charge in [0, 0.05) is 41.6 Å². The van der Waals surface area contributed by atoms with Gasteiger partial charge in [0.2, 0.25) is 5.92 Å². The topological polar surface area (TPSA) is 55.2 Å². The van der Waals surface area contributed by atoms with Crippen molar-refractivity contribution in [3.8, 4) is 0 Å². The van der Waals surface area contributed by atoms with Crippen LogP contribution in [-0.4, -0.2) is 21.0 Å². The second kappa shape index (κ2) is 8.43. The van der Waals surface area contributed by atoms with Crippen molar-refractivity contribution < 1.29 is 31.8 Å². The predicted octanol–water partition coefficient (Wildman–Crippen LogP) is 7.39. The smallest absolute Gasteiger partial charge is 0.388 e. The average Bonchev–Trinajstić information content (AvgIpc) is 3.10. The summed E-state index contributed by atoms with van der Waals surface area (Å²) in [7, 11) is 0. The summed E-state index contributed by atoms with van der Waals surface area (Å²) in [4.78, 5) is 9.13. The van der Waals surface area contributed by atoms with Gasteiger partial charge in [0.25, 0.3) is 0 Å². The van der Waals surface area contributed by atoms with Gasteiger partial charge in [0.15, 0.2) is 0 Å². The number of pyridine rings is 2. The molecule has 37 heavy (non-hydrogen) atoms. The quantitative estimate of drug-likeness (QED) is 0.416. The Labute approximate surface area is 213 Å². The van der Waals surface area contributed by atoms with Gasteiger partial charge in [-0.15, -0.1) is 0 Å². The molecule has 4 unspecified atom stereocenters. The van der Waals surface area contributed by atoms with Gasteiger partial charge in [-0.1, -0.05) is 34.6 Å². The van der Waals surface area contributed by atoms with Crippen molar-refractivity contribution in [2.75, 3.05) is 0 Å². The van der Waals surface area contributed by atoms with Crippen molar-refractivity contribution in [3.05, 3.63) is 57.7 Å². The first-order valence-corrected chi connectivity index (χ1v) is 12.9. The molecule has 202 valence electrons. The summed E-state index contributed by atoms with van der Waals surface area (Å²) in [5.41, 5.74) is 1.55. The Morgan fingerprint density at radius 1 is 1.08 bits per heavy atom. The summed E-state index contributed by atoms with van der Waals surface area (Å²) in [6, 6.07) is 2.26. The molecule has 3 aliphatic rings. The fraction of sp³-hybridized carbons (Fsp3) is 0.643. The SMILES string of the molecule is CC(C)c1nc2c(c3c1C(c1ccc(C(F)(F)F)cn1)OC31CCC(F)(F)CC1C)C(O)CC(C)(C)C2. The van der Waals surface area contributed by atoms with Crippen LogP contribution in [0.3, 0.4) is 0 Å². The third kappa shape index (κ3) is 4.36. The Kier molecular flexibility index (Phi) is 6.04. The largest absolute Gasteiger partial charge is 0.417 e. The summed E-state index contributed by atoms with van der Waals surface area (Å²) in [5.74, 6) is -3.51. The number of rotatable bonds is 2. The molecule has 0 saturated heterocycles. The molecule has 4 nitrogen and oxygen atoms in total. The van der Waals surface area contributed by atoms with Crippen molar-refractivity contribution in [2.45, 2.75) is 103 Å². The third-order valence-electron chi connectivity index (χ3n) is 8.31. The minimum atomic E-state index is -4.54. The van der Waals surface area contributed by atoms with Gasteiger partial charge >= 0.3 is 6.18 Å². The van der Waals surface area contributed by atoms with E-state index in [1.807, 2.05) is 13.8 Å². The van der Waals surface area contributed by atoms with E-state index in [1.54, 1.807) is 6.92 Å². The number of aliphatic hydroxyl groups excluding tert-OH is 1. The van der Waals surface area contributed by atoms with Crippen molar-refractivity contribution in [2.24, 2.45) is 11.3 Å². The number of aromatic nitrogens is 2. The molecule has 2 aliphatic carbocycles. The molecule has 5 rings (SSSR count). The molecule has 0 radical (unpaired) electrons. The minimum Gasteiger partial charge on any atom is -0.388 e. The molecule has 0 bridgehead atoms. The van der Waals surface area contributed by atoms with E-state index >= 15 is 0 Å². The number of hydrogen-bond donors (Lipinski definition) is 1. The van der Waals surface area contributed by atoms with Gasteiger partial charge in [-0.05, 0) is 54.2 Å². The molecule has 9 heteroatoms. The van der Waals surface area contributed by atoms with Gasteiger partial charge in [-0.3, -0.25) is 9.97 Å². The van der Waals surface area contributed by atoms with Crippen LogP contribution in [0.15, 0.2) is 18.3 Å². The Bertz CT molecular complexity index is 1210. The predicted molar refractivity (Wildman–Crippen MR) is 127 cm³/mol. The lowest BCUT2D eigenvalue weighted by molar-refractivity contribution is -0.173. The van der Waals surface area contributed by atoms with Crippen LogP contribution in [0.2, 0.25) is 0 Å². The van der Waals surface area contributed by atoms with Crippen LogP contribution in [0, 0.1) is 11.3 Å². The first-order chi connectivity index (χ1) is 17.0. The lowest BCUT2D eigenvalue weighted by atomic mass is 9.65. The molecule has 4 atom stereocenters. The van der Waals surface area contributed by atoms with E-state index in [0.717, 1.165) is 18.0 Å². The molecule has 1 saturated carbocycles. The Balaban J connectivity index is 1.77. The normalized spacial score (nSPS) is 30.4. The minimum absolute atomic E-state index is 0.0371. The van der Waals surface area contributed by atoms with Crippen molar-refractivity contribution in [1.82, 2.24) is 9.97 Å². The number of nitrogens with zero attached hydrogens (tertiary/aromatic N) is 2. The molecule has 0 amide bonds. The van der Waals surface area contributed by atoms with E-state index in [-0.39, 0.29) is 36.3 Å². The summed E-state index contributed by atoms with van der Waals surface area (Å²) < 4.78 is 75.5. The van der Waals surface area contributed by atoms with Crippen LogP contribution in [0.4, 0.5) is 22.0 Å². The zero-order valence-corrected chi connectivity index (χ0v) is 21.7. The highest BCUT2D eigenvalue weighted by molar-refractivity contribution is 5.54. The van der Waals surface area contributed by atoms with E-state index < -0.39 is 41.4 Å². The van der Waals surface area contributed by atoms with E-state index in [1.165, 1.54) is 6.07 Å². The molecule has 0 aromatic carbocycles. The van der Waals surface area contributed by atoms with E-state index in [9.17, 15) is 27.1 Å². The average molecular weight is 525 g/mol. The number of hydrogen-bond acceptors (Lipinski definition) is 4. The highest BCUT2D eigenvalue weighted by Gasteiger charge is 2.58. The zero-order chi connectivity index (χ0) is 27.1. The number of alkyl halides is 5. The van der Waals surface area contributed by atoms with Gasteiger partial charge < -0.3 is 9.84 Å². The number of ether oxygens (including phenoxy) is 1. The fourth-order valence-corrected chi connectivity index (χ4v) is 6.63. The van der Waals surface area contributed by atoms with Crippen molar-refractivity contribution >= 4 is 0 Å². The maximum absolute atomic E-state index is 14.5. The zero-order valence-electron chi connectivity index (χ0n) is 21.7. The second-order valence-corrected chi connectivity index (χ2v) is 12.2. The Morgan fingerprint density at radius 2 is 1.78 bits per heavy atom. The van der Waals surface area contributed by atoms with Crippen molar-refractivity contribution in [3.63, 3.8) is 0 Å². The summed E-state index contributed by atoms with van der Waals surface area (Å²) in [6.07, 6.45) is -5.09. The molecule has 1 aliphatic heterocycles. The van der Waals surface area contributed by atoms with Crippen LogP contribution >= 0.6 is 0 Å². The van der Waals surface area contributed by atoms with E-state index in [2.05, 4.69) is 18.8 Å². The number of halogens is 5. The molecule has 1 fully saturated rings. The lowest BCUT2D eigenvalue weighted by Gasteiger charge is -2.45. The van der Waals surface area contributed by atoms with Gasteiger partial charge in [0.05, 0.1) is 23.0 Å². The first-order valence-electron chi connectivity index (χ1n) is 12.9. The first kappa shape index (κ1) is 26.5. The summed E-state index contributed by atoms with van der Waals surface area (Å²) in [6.45, 7) is 9.81. The Morgan fingerprint density at radius 3 is 2.35 bits per heavy atom. The van der Waals surface area contributed by atoms with Gasteiger partial charge in [0.1, 0.15) is 6.10 Å². The third-order valence-corrected chi connectivity index (χ3v) is 8.31. The molecule has 2 aromatic heterocycles. The molecule has 2 aromatic rings. The molecule has 1 N–H and O–H groups in total. The van der Waals surface area contributed by atoms with Gasteiger partial charge in [-0.25, -0.2) is 8.78 Å². The summed E-state index contributed by atoms with van der Waals surface area (Å²) in [5, 5.41) is 11.4. The van der Waals surface area contributed by atoms with Crippen LogP contribution in [0.25, 0.3) is 0 Å².